The highest BCUT2D eigenvalue weighted by Crippen LogP contribution is 2.37. The van der Waals surface area contributed by atoms with Crippen LogP contribution in [0.5, 0.6) is 5.75 Å². The van der Waals surface area contributed by atoms with E-state index in [0.29, 0.717) is 31.9 Å². The first-order valence-corrected chi connectivity index (χ1v) is 11.9. The fourth-order valence-corrected chi connectivity index (χ4v) is 4.40. The summed E-state index contributed by atoms with van der Waals surface area (Å²) < 4.78 is 7.79. The number of aromatic nitrogens is 3. The zero-order valence-corrected chi connectivity index (χ0v) is 20.2. The van der Waals surface area contributed by atoms with Crippen LogP contribution in [0.2, 0.25) is 0 Å². The lowest BCUT2D eigenvalue weighted by Crippen LogP contribution is -2.42. The highest BCUT2D eigenvalue weighted by Gasteiger charge is 2.32. The highest BCUT2D eigenvalue weighted by molar-refractivity contribution is 6.03. The van der Waals surface area contributed by atoms with Crippen molar-refractivity contribution in [2.24, 2.45) is 0 Å². The summed E-state index contributed by atoms with van der Waals surface area (Å²) in [6.45, 7) is 7.73. The number of fused-ring (bicyclic) bond motifs is 1. The fraction of sp³-hybridized carbons (Fsp3) is 0.207. The van der Waals surface area contributed by atoms with Gasteiger partial charge in [-0.05, 0) is 47.9 Å². The number of carbonyl (C=O) groups excluding carboxylic acids is 1. The monoisotopic (exact) mass is 480 g/mol. The Balaban J connectivity index is 1.44. The van der Waals surface area contributed by atoms with E-state index in [4.69, 9.17) is 9.84 Å². The van der Waals surface area contributed by atoms with Crippen molar-refractivity contribution < 1.29 is 14.6 Å². The van der Waals surface area contributed by atoms with E-state index in [0.717, 1.165) is 44.8 Å². The minimum atomic E-state index is -0.128. The molecule has 5 rings (SSSR count). The van der Waals surface area contributed by atoms with Crippen molar-refractivity contribution in [1.82, 2.24) is 19.7 Å². The lowest BCUT2D eigenvalue weighted by molar-refractivity contribution is 0.0662. The molecule has 0 saturated carbocycles. The third kappa shape index (κ3) is 4.65. The molecule has 1 aliphatic rings. The van der Waals surface area contributed by atoms with Crippen molar-refractivity contribution in [3.05, 3.63) is 96.5 Å². The number of ether oxygens (including phenoxy) is 1. The third-order valence-corrected chi connectivity index (χ3v) is 6.34. The van der Waals surface area contributed by atoms with Crippen molar-refractivity contribution in [2.45, 2.75) is 20.1 Å². The number of hydrogen-bond donors (Lipinski definition) is 1. The first kappa shape index (κ1) is 23.5. The van der Waals surface area contributed by atoms with Gasteiger partial charge in [-0.15, -0.1) is 0 Å². The van der Waals surface area contributed by atoms with Crippen LogP contribution in [0.25, 0.3) is 28.0 Å². The molecule has 2 aromatic carbocycles. The molecular weight excluding hydrogens is 452 g/mol. The van der Waals surface area contributed by atoms with Crippen LogP contribution >= 0.6 is 0 Å². The highest BCUT2D eigenvalue weighted by atomic mass is 16.5. The number of nitrogens with zero attached hydrogens (tertiary/aromatic N) is 4. The van der Waals surface area contributed by atoms with Crippen molar-refractivity contribution in [3.8, 4) is 28.1 Å². The van der Waals surface area contributed by atoms with Gasteiger partial charge in [0.15, 0.2) is 0 Å². The Morgan fingerprint density at radius 2 is 1.72 bits per heavy atom. The lowest BCUT2D eigenvalue weighted by atomic mass is 9.98. The van der Waals surface area contributed by atoms with E-state index < -0.39 is 0 Å². The van der Waals surface area contributed by atoms with Crippen LogP contribution in [0, 0.1) is 0 Å². The predicted molar refractivity (Wildman–Crippen MR) is 139 cm³/mol. The number of amides is 1. The molecule has 4 aromatic rings. The van der Waals surface area contributed by atoms with Gasteiger partial charge in [0.2, 0.25) is 0 Å². The largest absolute Gasteiger partial charge is 0.489 e. The van der Waals surface area contributed by atoms with Crippen LogP contribution in [0.15, 0.2) is 79.6 Å². The molecule has 7 nitrogen and oxygen atoms in total. The van der Waals surface area contributed by atoms with Gasteiger partial charge in [0, 0.05) is 36.6 Å². The van der Waals surface area contributed by atoms with Crippen LogP contribution in [-0.4, -0.2) is 50.4 Å². The van der Waals surface area contributed by atoms with Gasteiger partial charge in [0.1, 0.15) is 23.7 Å². The number of carbonyl (C=O) groups is 1. The summed E-state index contributed by atoms with van der Waals surface area (Å²) in [5, 5.41) is 14.2. The Morgan fingerprint density at radius 1 is 1.00 bits per heavy atom. The Labute approximate surface area is 210 Å². The van der Waals surface area contributed by atoms with E-state index >= 15 is 0 Å². The molecule has 0 radical (unpaired) electrons. The average Bonchev–Trinajstić information content (AvgIpc) is 3.31. The third-order valence-electron chi connectivity index (χ3n) is 6.34. The molecule has 0 aliphatic carbocycles. The quantitative estimate of drug-likeness (QED) is 0.396. The topological polar surface area (TPSA) is 80.5 Å². The van der Waals surface area contributed by atoms with E-state index in [2.05, 4.69) is 11.6 Å². The van der Waals surface area contributed by atoms with Gasteiger partial charge in [-0.2, -0.15) is 5.10 Å². The second-order valence-electron chi connectivity index (χ2n) is 8.84. The van der Waals surface area contributed by atoms with Crippen molar-refractivity contribution in [2.75, 3.05) is 19.7 Å². The van der Waals surface area contributed by atoms with E-state index in [1.807, 2.05) is 67.6 Å². The second-order valence-corrected chi connectivity index (χ2v) is 8.84. The minimum Gasteiger partial charge on any atom is -0.489 e. The van der Waals surface area contributed by atoms with Crippen LogP contribution < -0.4 is 4.74 Å². The molecular formula is C29H28N4O3. The van der Waals surface area contributed by atoms with Gasteiger partial charge >= 0.3 is 0 Å². The molecule has 1 aliphatic heterocycles. The maximum absolute atomic E-state index is 13.3. The molecule has 182 valence electrons. The Bertz CT molecular complexity index is 1380. The van der Waals surface area contributed by atoms with E-state index in [9.17, 15) is 9.90 Å². The van der Waals surface area contributed by atoms with E-state index in [-0.39, 0.29) is 12.5 Å². The number of pyridine rings is 1. The molecule has 3 heterocycles. The summed E-state index contributed by atoms with van der Waals surface area (Å²) in [6.07, 6.45) is 3.44. The van der Waals surface area contributed by atoms with E-state index in [1.165, 1.54) is 0 Å². The molecule has 0 atom stereocenters. The second kappa shape index (κ2) is 10.2. The van der Waals surface area contributed by atoms with Gasteiger partial charge in [-0.25, -0.2) is 0 Å². The van der Waals surface area contributed by atoms with Gasteiger partial charge < -0.3 is 14.7 Å². The molecule has 7 heteroatoms. The van der Waals surface area contributed by atoms with Crippen molar-refractivity contribution in [3.63, 3.8) is 0 Å². The van der Waals surface area contributed by atoms with Crippen molar-refractivity contribution >= 4 is 11.5 Å². The number of aliphatic hydroxyl groups excluding tert-OH is 1. The average molecular weight is 481 g/mol. The molecule has 1 N–H and O–H groups in total. The Kier molecular flexibility index (Phi) is 6.64. The van der Waals surface area contributed by atoms with E-state index in [1.54, 1.807) is 22.0 Å². The molecule has 1 amide bonds. The van der Waals surface area contributed by atoms with Gasteiger partial charge in [-0.1, -0.05) is 48.6 Å². The minimum absolute atomic E-state index is 0.0750. The number of benzene rings is 2. The number of allylic oxidation sites excluding steroid dienone is 1. The molecule has 0 saturated heterocycles. The summed E-state index contributed by atoms with van der Waals surface area (Å²) in [5.74, 6) is 0.610. The first-order chi connectivity index (χ1) is 17.5. The zero-order chi connectivity index (χ0) is 25.1. The Morgan fingerprint density at radius 3 is 2.39 bits per heavy atom. The zero-order valence-electron chi connectivity index (χ0n) is 20.2. The smallest absolute Gasteiger partial charge is 0.272 e. The maximum atomic E-state index is 13.3. The SMILES string of the molecule is C=C(C)c1ccc(COc2ccc(-c3c(-c4ccncc4)nn4c3C(=O)N(CCO)CC4)cc2)cc1. The lowest BCUT2D eigenvalue weighted by Gasteiger charge is -2.27. The number of β-amino-alcohol motifs (C(OH)–C–C–N with tert-alkyl or cyclic N) is 1. The Hall–Kier alpha value is -4.23. The van der Waals surface area contributed by atoms with Crippen LogP contribution in [0.1, 0.15) is 28.5 Å². The first-order valence-electron chi connectivity index (χ1n) is 11.9. The normalized spacial score (nSPS) is 12.9. The van der Waals surface area contributed by atoms with Gasteiger partial charge in [0.05, 0.1) is 13.2 Å². The molecule has 0 unspecified atom stereocenters. The van der Waals surface area contributed by atoms with Crippen LogP contribution in [0.4, 0.5) is 0 Å². The predicted octanol–water partition coefficient (Wildman–Crippen LogP) is 4.67. The van der Waals surface area contributed by atoms with Crippen molar-refractivity contribution in [1.29, 1.82) is 0 Å². The fourth-order valence-electron chi connectivity index (χ4n) is 4.40. The summed E-state index contributed by atoms with van der Waals surface area (Å²) in [6, 6.07) is 19.7. The van der Waals surface area contributed by atoms with Crippen LogP contribution in [-0.2, 0) is 13.2 Å². The molecule has 36 heavy (non-hydrogen) atoms. The van der Waals surface area contributed by atoms with Crippen LogP contribution in [0.3, 0.4) is 0 Å². The standard InChI is InChI=1S/C29H28N4O3/c1-20(2)22-5-3-21(4-6-22)19-36-25-9-7-23(8-10-25)26-27(24-11-13-30-14-12-24)31-33-16-15-32(17-18-34)29(35)28(26)33/h3-14,34H,1,15-19H2,2H3. The summed E-state index contributed by atoms with van der Waals surface area (Å²) in [7, 11) is 0. The van der Waals surface area contributed by atoms with Gasteiger partial charge in [0.25, 0.3) is 5.91 Å². The summed E-state index contributed by atoms with van der Waals surface area (Å²) in [4.78, 5) is 19.1. The number of rotatable bonds is 8. The summed E-state index contributed by atoms with van der Waals surface area (Å²) in [5.41, 5.74) is 7.03. The summed E-state index contributed by atoms with van der Waals surface area (Å²) >= 11 is 0. The molecule has 2 aromatic heterocycles. The molecule has 0 bridgehead atoms. The van der Waals surface area contributed by atoms with Gasteiger partial charge in [-0.3, -0.25) is 14.5 Å². The maximum Gasteiger partial charge on any atom is 0.272 e. The molecule has 0 spiro atoms. The number of aliphatic hydroxyl groups is 1. The number of hydrogen-bond acceptors (Lipinski definition) is 5. The molecule has 0 fully saturated rings.